The lowest BCUT2D eigenvalue weighted by molar-refractivity contribution is -0.152. The topological polar surface area (TPSA) is 66.8 Å². The molecule has 0 radical (unpaired) electrons. The number of carbonyl (C=O) groups is 2. The minimum Gasteiger partial charge on any atom is -0.480 e. The molecule has 0 aromatic heterocycles. The van der Waals surface area contributed by atoms with E-state index in [1.54, 1.807) is 4.90 Å². The van der Waals surface area contributed by atoms with Gasteiger partial charge in [0.05, 0.1) is 18.1 Å². The normalized spacial score (nSPS) is 44.9. The number of carbonyl (C=O) groups excluding carboxylic acids is 1. The van der Waals surface area contributed by atoms with Crippen LogP contribution in [-0.4, -0.2) is 46.2 Å². The first-order valence-electron chi connectivity index (χ1n) is 8.35. The van der Waals surface area contributed by atoms with E-state index in [0.29, 0.717) is 12.3 Å². The number of aliphatic carboxylic acids is 1. The molecule has 1 aliphatic carbocycles. The van der Waals surface area contributed by atoms with Crippen LogP contribution in [0.4, 0.5) is 0 Å². The number of ether oxygens (including phenoxy) is 1. The molecule has 0 spiro atoms. The van der Waals surface area contributed by atoms with Crippen LogP contribution in [0, 0.1) is 11.8 Å². The largest absolute Gasteiger partial charge is 0.480 e. The zero-order valence-electron chi connectivity index (χ0n) is 12.2. The lowest BCUT2D eigenvalue weighted by atomic mass is 9.84. The average molecular weight is 293 g/mol. The Morgan fingerprint density at radius 1 is 1.05 bits per heavy atom. The Hall–Kier alpha value is -1.10. The second-order valence-corrected chi connectivity index (χ2v) is 7.16. The van der Waals surface area contributed by atoms with Gasteiger partial charge in [-0.05, 0) is 44.4 Å². The minimum absolute atomic E-state index is 0.0413. The van der Waals surface area contributed by atoms with E-state index < -0.39 is 12.0 Å². The molecule has 5 nitrogen and oxygen atoms in total. The van der Waals surface area contributed by atoms with Crippen molar-refractivity contribution in [1.29, 1.82) is 0 Å². The summed E-state index contributed by atoms with van der Waals surface area (Å²) in [4.78, 5) is 26.4. The molecule has 4 rings (SSSR count). The fraction of sp³-hybridized carbons (Fsp3) is 0.875. The van der Waals surface area contributed by atoms with Crippen molar-refractivity contribution in [1.82, 2.24) is 4.90 Å². The zero-order valence-corrected chi connectivity index (χ0v) is 12.2. The van der Waals surface area contributed by atoms with Crippen LogP contribution in [0.5, 0.6) is 0 Å². The van der Waals surface area contributed by atoms with Gasteiger partial charge in [0.1, 0.15) is 6.04 Å². The second-order valence-electron chi connectivity index (χ2n) is 7.16. The molecule has 1 saturated carbocycles. The van der Waals surface area contributed by atoms with Crippen LogP contribution >= 0.6 is 0 Å². The number of carboxylic acid groups (broad SMARTS) is 1. The highest BCUT2D eigenvalue weighted by Gasteiger charge is 2.52. The summed E-state index contributed by atoms with van der Waals surface area (Å²) in [7, 11) is 0. The van der Waals surface area contributed by atoms with Crippen LogP contribution < -0.4 is 0 Å². The molecular formula is C16H23NO4. The van der Waals surface area contributed by atoms with E-state index in [4.69, 9.17) is 4.74 Å². The monoisotopic (exact) mass is 293 g/mol. The van der Waals surface area contributed by atoms with Gasteiger partial charge >= 0.3 is 5.97 Å². The molecule has 3 saturated heterocycles. The summed E-state index contributed by atoms with van der Waals surface area (Å²) in [6.45, 7) is 0. The molecule has 4 aliphatic rings. The lowest BCUT2D eigenvalue weighted by Crippen LogP contribution is -2.50. The summed E-state index contributed by atoms with van der Waals surface area (Å²) in [5, 5.41) is 9.53. The quantitative estimate of drug-likeness (QED) is 0.843. The predicted molar refractivity (Wildman–Crippen MR) is 74.6 cm³/mol. The van der Waals surface area contributed by atoms with Gasteiger partial charge in [-0.25, -0.2) is 4.79 Å². The van der Waals surface area contributed by atoms with Crippen molar-refractivity contribution in [3.8, 4) is 0 Å². The Morgan fingerprint density at radius 3 is 2.52 bits per heavy atom. The van der Waals surface area contributed by atoms with Gasteiger partial charge in [-0.3, -0.25) is 4.79 Å². The van der Waals surface area contributed by atoms with E-state index >= 15 is 0 Å². The molecule has 0 aromatic carbocycles. The molecule has 4 fully saturated rings. The van der Waals surface area contributed by atoms with Gasteiger partial charge in [-0.15, -0.1) is 0 Å². The summed E-state index contributed by atoms with van der Waals surface area (Å²) >= 11 is 0. The summed E-state index contributed by atoms with van der Waals surface area (Å²) in [6, 6.07) is -0.448. The number of carboxylic acids is 1. The number of amides is 1. The fourth-order valence-electron chi connectivity index (χ4n) is 5.09. The lowest BCUT2D eigenvalue weighted by Gasteiger charge is -2.35. The third-order valence-electron chi connectivity index (χ3n) is 6.05. The molecule has 116 valence electrons. The third-order valence-corrected chi connectivity index (χ3v) is 6.05. The second kappa shape index (κ2) is 4.97. The molecule has 3 heterocycles. The maximum atomic E-state index is 13.0. The standard InChI is InChI=1S/C16H23NO4/c18-15(11-8-10-5-6-14(11)21-10)17-12-4-2-1-3-9(12)7-13(17)16(19)20/h9-14H,1-8H2,(H,19,20). The Kier molecular flexibility index (Phi) is 3.21. The predicted octanol–water partition coefficient (Wildman–Crippen LogP) is 1.80. The molecule has 2 bridgehead atoms. The Labute approximate surface area is 124 Å². The van der Waals surface area contributed by atoms with Gasteiger partial charge in [0, 0.05) is 6.04 Å². The van der Waals surface area contributed by atoms with Crippen LogP contribution in [0.2, 0.25) is 0 Å². The first-order valence-corrected chi connectivity index (χ1v) is 8.35. The first kappa shape index (κ1) is 13.6. The number of nitrogens with zero attached hydrogens (tertiary/aromatic N) is 1. The minimum atomic E-state index is -0.832. The average Bonchev–Trinajstić information content (AvgIpc) is 3.19. The van der Waals surface area contributed by atoms with Crippen molar-refractivity contribution in [2.45, 2.75) is 75.7 Å². The van der Waals surface area contributed by atoms with Crippen molar-refractivity contribution in [3.63, 3.8) is 0 Å². The zero-order chi connectivity index (χ0) is 14.6. The molecule has 6 atom stereocenters. The number of hydrogen-bond acceptors (Lipinski definition) is 3. The smallest absolute Gasteiger partial charge is 0.326 e. The van der Waals surface area contributed by atoms with E-state index in [1.807, 2.05) is 0 Å². The Bertz CT molecular complexity index is 465. The molecule has 1 amide bonds. The van der Waals surface area contributed by atoms with E-state index in [0.717, 1.165) is 38.5 Å². The fourth-order valence-corrected chi connectivity index (χ4v) is 5.09. The summed E-state index contributed by atoms with van der Waals surface area (Å²) in [5.41, 5.74) is 0. The SMILES string of the molecule is O=C(O)C1CC2CCCCC2N1C(=O)C1CC2CCC1O2. The molecule has 6 unspecified atom stereocenters. The number of rotatable bonds is 2. The number of likely N-dealkylation sites (tertiary alicyclic amines) is 1. The maximum absolute atomic E-state index is 13.0. The Morgan fingerprint density at radius 2 is 1.86 bits per heavy atom. The van der Waals surface area contributed by atoms with Gasteiger partial charge < -0.3 is 14.7 Å². The summed E-state index contributed by atoms with van der Waals surface area (Å²) in [6.07, 6.45) is 8.07. The highest BCUT2D eigenvalue weighted by Crippen LogP contribution is 2.44. The molecule has 21 heavy (non-hydrogen) atoms. The molecule has 5 heteroatoms. The maximum Gasteiger partial charge on any atom is 0.326 e. The first-order chi connectivity index (χ1) is 10.1. The van der Waals surface area contributed by atoms with Crippen molar-refractivity contribution < 1.29 is 19.4 Å². The third kappa shape index (κ3) is 2.08. The van der Waals surface area contributed by atoms with Crippen LogP contribution in [0.3, 0.4) is 0 Å². The Balaban J connectivity index is 1.58. The molecule has 0 aromatic rings. The van der Waals surface area contributed by atoms with Crippen LogP contribution in [0.1, 0.15) is 51.4 Å². The number of hydrogen-bond donors (Lipinski definition) is 1. The van der Waals surface area contributed by atoms with E-state index in [9.17, 15) is 14.7 Å². The van der Waals surface area contributed by atoms with Gasteiger partial charge in [0.2, 0.25) is 5.91 Å². The van der Waals surface area contributed by atoms with Crippen LogP contribution in [-0.2, 0) is 14.3 Å². The van der Waals surface area contributed by atoms with Gasteiger partial charge in [0.15, 0.2) is 0 Å². The van der Waals surface area contributed by atoms with Crippen LogP contribution in [0.15, 0.2) is 0 Å². The van der Waals surface area contributed by atoms with Crippen LogP contribution in [0.25, 0.3) is 0 Å². The van der Waals surface area contributed by atoms with Gasteiger partial charge in [-0.1, -0.05) is 12.8 Å². The van der Waals surface area contributed by atoms with Crippen molar-refractivity contribution in [2.24, 2.45) is 11.8 Å². The number of fused-ring (bicyclic) bond motifs is 3. The van der Waals surface area contributed by atoms with Gasteiger partial charge in [-0.2, -0.15) is 0 Å². The van der Waals surface area contributed by atoms with Crippen molar-refractivity contribution >= 4 is 11.9 Å². The van der Waals surface area contributed by atoms with Crippen molar-refractivity contribution in [2.75, 3.05) is 0 Å². The van der Waals surface area contributed by atoms with Crippen molar-refractivity contribution in [3.05, 3.63) is 0 Å². The molecule has 1 N–H and O–H groups in total. The van der Waals surface area contributed by atoms with E-state index in [2.05, 4.69) is 0 Å². The highest BCUT2D eigenvalue weighted by atomic mass is 16.5. The highest BCUT2D eigenvalue weighted by molar-refractivity contribution is 5.87. The summed E-state index contributed by atoms with van der Waals surface area (Å²) < 4.78 is 5.80. The van der Waals surface area contributed by atoms with E-state index in [1.165, 1.54) is 6.42 Å². The molecule has 3 aliphatic heterocycles. The summed E-state index contributed by atoms with van der Waals surface area (Å²) in [5.74, 6) is -0.472. The molecular weight excluding hydrogens is 270 g/mol. The van der Waals surface area contributed by atoms with Gasteiger partial charge in [0.25, 0.3) is 0 Å². The van der Waals surface area contributed by atoms with E-state index in [-0.39, 0.29) is 30.1 Å².